The number of nitrogens with zero attached hydrogens (tertiary/aromatic N) is 3. The Kier molecular flexibility index (Phi) is 3.41. The van der Waals surface area contributed by atoms with Gasteiger partial charge in [0.2, 0.25) is 5.91 Å². The quantitative estimate of drug-likeness (QED) is 0.946. The SMILES string of the molecule is O=C(Nc1ccc2c(N3CCCC3)ncnc2c1)C1CCC1. The van der Waals surface area contributed by atoms with Crippen LogP contribution in [0.3, 0.4) is 0 Å². The number of anilines is 2. The van der Waals surface area contributed by atoms with Gasteiger partial charge in [-0.25, -0.2) is 9.97 Å². The molecule has 1 aliphatic carbocycles. The fourth-order valence-corrected chi connectivity index (χ4v) is 3.22. The molecule has 2 aliphatic rings. The van der Waals surface area contributed by atoms with Crippen molar-refractivity contribution in [2.45, 2.75) is 32.1 Å². The van der Waals surface area contributed by atoms with Crippen LogP contribution >= 0.6 is 0 Å². The topological polar surface area (TPSA) is 58.1 Å². The summed E-state index contributed by atoms with van der Waals surface area (Å²) in [5.41, 5.74) is 1.72. The smallest absolute Gasteiger partial charge is 0.227 e. The second-order valence-corrected chi connectivity index (χ2v) is 6.24. The molecule has 0 atom stereocenters. The summed E-state index contributed by atoms with van der Waals surface area (Å²) in [6.45, 7) is 2.12. The van der Waals surface area contributed by atoms with Gasteiger partial charge in [-0.3, -0.25) is 4.79 Å². The van der Waals surface area contributed by atoms with Crippen molar-refractivity contribution in [3.63, 3.8) is 0 Å². The largest absolute Gasteiger partial charge is 0.356 e. The summed E-state index contributed by atoms with van der Waals surface area (Å²) in [5.74, 6) is 1.35. The number of rotatable bonds is 3. The molecule has 1 aromatic heterocycles. The summed E-state index contributed by atoms with van der Waals surface area (Å²) in [6.07, 6.45) is 7.26. The number of nitrogens with one attached hydrogen (secondary N) is 1. The first-order valence-corrected chi connectivity index (χ1v) is 8.12. The molecule has 1 saturated heterocycles. The van der Waals surface area contributed by atoms with Crippen LogP contribution in [0, 0.1) is 5.92 Å². The average Bonchev–Trinajstić information content (AvgIpc) is 2.98. The van der Waals surface area contributed by atoms with Crippen LogP contribution in [0.2, 0.25) is 0 Å². The summed E-state index contributed by atoms with van der Waals surface area (Å²) in [5, 5.41) is 4.07. The first-order chi connectivity index (χ1) is 10.8. The highest BCUT2D eigenvalue weighted by Crippen LogP contribution is 2.30. The van der Waals surface area contributed by atoms with Gasteiger partial charge >= 0.3 is 0 Å². The fourth-order valence-electron chi connectivity index (χ4n) is 3.22. The highest BCUT2D eigenvalue weighted by atomic mass is 16.1. The molecule has 4 rings (SSSR count). The van der Waals surface area contributed by atoms with E-state index in [-0.39, 0.29) is 11.8 Å². The lowest BCUT2D eigenvalue weighted by Crippen LogP contribution is -2.28. The van der Waals surface area contributed by atoms with Gasteiger partial charge in [0.15, 0.2) is 0 Å². The summed E-state index contributed by atoms with van der Waals surface area (Å²) < 4.78 is 0. The van der Waals surface area contributed by atoms with Crippen molar-refractivity contribution in [2.24, 2.45) is 5.92 Å². The lowest BCUT2D eigenvalue weighted by atomic mass is 9.85. The minimum atomic E-state index is 0.138. The van der Waals surface area contributed by atoms with Crippen LogP contribution in [-0.4, -0.2) is 29.0 Å². The lowest BCUT2D eigenvalue weighted by molar-refractivity contribution is -0.122. The Morgan fingerprint density at radius 1 is 1.14 bits per heavy atom. The zero-order valence-corrected chi connectivity index (χ0v) is 12.6. The molecule has 1 aromatic carbocycles. The Morgan fingerprint density at radius 2 is 1.95 bits per heavy atom. The van der Waals surface area contributed by atoms with Gasteiger partial charge in [0.05, 0.1) is 5.52 Å². The number of amides is 1. The lowest BCUT2D eigenvalue weighted by Gasteiger charge is -2.24. The maximum Gasteiger partial charge on any atom is 0.227 e. The molecule has 1 N–H and O–H groups in total. The summed E-state index contributed by atoms with van der Waals surface area (Å²) >= 11 is 0. The molecule has 0 bridgehead atoms. The van der Waals surface area contributed by atoms with Gasteiger partial charge in [0.1, 0.15) is 12.1 Å². The number of hydrogen-bond acceptors (Lipinski definition) is 4. The molecule has 0 unspecified atom stereocenters. The van der Waals surface area contributed by atoms with Crippen molar-refractivity contribution in [2.75, 3.05) is 23.3 Å². The van der Waals surface area contributed by atoms with Crippen molar-refractivity contribution in [1.82, 2.24) is 9.97 Å². The van der Waals surface area contributed by atoms with Crippen LogP contribution in [0.4, 0.5) is 11.5 Å². The molecule has 0 spiro atoms. The van der Waals surface area contributed by atoms with E-state index in [4.69, 9.17) is 0 Å². The minimum absolute atomic E-state index is 0.138. The molecule has 2 aromatic rings. The maximum atomic E-state index is 12.1. The number of carbonyl (C=O) groups is 1. The van der Waals surface area contributed by atoms with Crippen LogP contribution in [0.5, 0.6) is 0 Å². The molecule has 2 heterocycles. The van der Waals surface area contributed by atoms with Gasteiger partial charge in [-0.15, -0.1) is 0 Å². The Bertz CT molecular complexity index is 705. The molecule has 2 fully saturated rings. The standard InChI is InChI=1S/C17H20N4O/c22-17(12-4-3-5-12)20-13-6-7-14-15(10-13)18-11-19-16(14)21-8-1-2-9-21/h6-7,10-12H,1-5,8-9H2,(H,20,22). The molecule has 0 radical (unpaired) electrons. The fraction of sp³-hybridized carbons (Fsp3) is 0.471. The van der Waals surface area contributed by atoms with Crippen molar-refractivity contribution < 1.29 is 4.79 Å². The van der Waals surface area contributed by atoms with Gasteiger partial charge in [-0.1, -0.05) is 6.42 Å². The Labute approximate surface area is 129 Å². The number of benzene rings is 1. The van der Waals surface area contributed by atoms with E-state index in [1.165, 1.54) is 19.3 Å². The molecule has 1 saturated carbocycles. The van der Waals surface area contributed by atoms with E-state index in [1.54, 1.807) is 6.33 Å². The van der Waals surface area contributed by atoms with Crippen LogP contribution in [0.1, 0.15) is 32.1 Å². The normalized spacial score (nSPS) is 18.5. The van der Waals surface area contributed by atoms with E-state index in [0.717, 1.165) is 48.3 Å². The predicted octanol–water partition coefficient (Wildman–Crippen LogP) is 2.97. The Balaban J connectivity index is 1.62. The molecule has 5 heteroatoms. The third kappa shape index (κ3) is 2.40. The average molecular weight is 296 g/mol. The van der Waals surface area contributed by atoms with E-state index >= 15 is 0 Å². The van der Waals surface area contributed by atoms with E-state index in [9.17, 15) is 4.79 Å². The van der Waals surface area contributed by atoms with Crippen LogP contribution in [0.15, 0.2) is 24.5 Å². The number of aromatic nitrogens is 2. The van der Waals surface area contributed by atoms with E-state index < -0.39 is 0 Å². The zero-order valence-electron chi connectivity index (χ0n) is 12.6. The van der Waals surface area contributed by atoms with E-state index in [2.05, 4.69) is 20.2 Å². The van der Waals surface area contributed by atoms with Crippen molar-refractivity contribution in [1.29, 1.82) is 0 Å². The maximum absolute atomic E-state index is 12.1. The molecule has 114 valence electrons. The number of fused-ring (bicyclic) bond motifs is 1. The summed E-state index contributed by atoms with van der Waals surface area (Å²) in [7, 11) is 0. The van der Waals surface area contributed by atoms with Gasteiger partial charge < -0.3 is 10.2 Å². The monoisotopic (exact) mass is 296 g/mol. The van der Waals surface area contributed by atoms with Crippen LogP contribution in [-0.2, 0) is 4.79 Å². The molecular formula is C17H20N4O. The van der Waals surface area contributed by atoms with Crippen molar-refractivity contribution in [3.05, 3.63) is 24.5 Å². The highest BCUT2D eigenvalue weighted by molar-refractivity contribution is 5.97. The predicted molar refractivity (Wildman–Crippen MR) is 87.0 cm³/mol. The second-order valence-electron chi connectivity index (χ2n) is 6.24. The molecule has 22 heavy (non-hydrogen) atoms. The number of hydrogen-bond donors (Lipinski definition) is 1. The highest BCUT2D eigenvalue weighted by Gasteiger charge is 2.25. The third-order valence-electron chi connectivity index (χ3n) is 4.76. The molecule has 1 amide bonds. The van der Waals surface area contributed by atoms with Crippen LogP contribution in [0.25, 0.3) is 10.9 Å². The second kappa shape index (κ2) is 5.55. The first-order valence-electron chi connectivity index (χ1n) is 8.12. The van der Waals surface area contributed by atoms with Gasteiger partial charge in [0.25, 0.3) is 0 Å². The number of carbonyl (C=O) groups excluding carboxylic acids is 1. The molecule has 5 nitrogen and oxygen atoms in total. The van der Waals surface area contributed by atoms with E-state index in [1.807, 2.05) is 18.2 Å². The molecule has 1 aliphatic heterocycles. The summed E-state index contributed by atoms with van der Waals surface area (Å²) in [6, 6.07) is 5.94. The van der Waals surface area contributed by atoms with Gasteiger partial charge in [0, 0.05) is 30.1 Å². The van der Waals surface area contributed by atoms with Crippen molar-refractivity contribution in [3.8, 4) is 0 Å². The minimum Gasteiger partial charge on any atom is -0.356 e. The zero-order chi connectivity index (χ0) is 14.9. The third-order valence-corrected chi connectivity index (χ3v) is 4.76. The van der Waals surface area contributed by atoms with E-state index in [0.29, 0.717) is 0 Å². The van der Waals surface area contributed by atoms with Gasteiger partial charge in [-0.2, -0.15) is 0 Å². The van der Waals surface area contributed by atoms with Crippen LogP contribution < -0.4 is 10.2 Å². The van der Waals surface area contributed by atoms with Crippen molar-refractivity contribution >= 4 is 28.3 Å². The Hall–Kier alpha value is -2.17. The first kappa shape index (κ1) is 13.5. The van der Waals surface area contributed by atoms with Gasteiger partial charge in [-0.05, 0) is 43.9 Å². The summed E-state index contributed by atoms with van der Waals surface area (Å²) in [4.78, 5) is 23.2. The molecular weight excluding hydrogens is 276 g/mol. The Morgan fingerprint density at radius 3 is 2.68 bits per heavy atom.